The fourth-order valence-electron chi connectivity index (χ4n) is 4.20. The van der Waals surface area contributed by atoms with Gasteiger partial charge in [-0.3, -0.25) is 19.3 Å². The molecule has 1 aromatic rings. The number of nitrogens with zero attached hydrogens (tertiary/aromatic N) is 1. The summed E-state index contributed by atoms with van der Waals surface area (Å²) in [5, 5.41) is 3.14. The van der Waals surface area contributed by atoms with Crippen molar-refractivity contribution in [3.05, 3.63) is 39.8 Å². The van der Waals surface area contributed by atoms with Crippen molar-refractivity contribution in [1.82, 2.24) is 4.90 Å². The molecule has 0 spiro atoms. The highest BCUT2D eigenvalue weighted by atomic mass is 79.9. The first-order valence-corrected chi connectivity index (χ1v) is 9.41. The van der Waals surface area contributed by atoms with E-state index in [0.717, 1.165) is 10.9 Å². The van der Waals surface area contributed by atoms with Gasteiger partial charge < -0.3 is 5.32 Å². The van der Waals surface area contributed by atoms with Gasteiger partial charge in [0.05, 0.1) is 22.5 Å². The predicted molar refractivity (Wildman–Crippen MR) is 96.8 cm³/mol. The first kappa shape index (κ1) is 16.8. The van der Waals surface area contributed by atoms with Gasteiger partial charge in [-0.15, -0.1) is 0 Å². The molecule has 1 saturated carbocycles. The van der Waals surface area contributed by atoms with Gasteiger partial charge in [0, 0.05) is 17.4 Å². The summed E-state index contributed by atoms with van der Waals surface area (Å²) >= 11 is 9.39. The molecule has 5 nitrogen and oxygen atoms in total. The Bertz CT molecular complexity index is 780. The number of fused-ring (bicyclic) bond motifs is 5. The molecule has 4 atom stereocenters. The zero-order chi connectivity index (χ0) is 17.7. The van der Waals surface area contributed by atoms with Crippen molar-refractivity contribution in [3.8, 4) is 0 Å². The molecule has 130 valence electrons. The van der Waals surface area contributed by atoms with Gasteiger partial charge in [0.15, 0.2) is 0 Å². The Morgan fingerprint density at radius 2 is 1.84 bits per heavy atom. The van der Waals surface area contributed by atoms with E-state index in [9.17, 15) is 14.4 Å². The molecule has 1 aliphatic heterocycles. The van der Waals surface area contributed by atoms with Crippen LogP contribution in [0.15, 0.2) is 34.8 Å². The van der Waals surface area contributed by atoms with Crippen LogP contribution in [0.2, 0.25) is 5.02 Å². The van der Waals surface area contributed by atoms with E-state index in [1.54, 1.807) is 18.2 Å². The Kier molecular flexibility index (Phi) is 4.20. The lowest BCUT2D eigenvalue weighted by molar-refractivity contribution is -0.140. The van der Waals surface area contributed by atoms with Gasteiger partial charge in [-0.2, -0.15) is 0 Å². The topological polar surface area (TPSA) is 66.5 Å². The minimum absolute atomic E-state index is 0.0616. The molecule has 4 unspecified atom stereocenters. The summed E-state index contributed by atoms with van der Waals surface area (Å²) in [7, 11) is 0. The van der Waals surface area contributed by atoms with Crippen LogP contribution in [-0.2, 0) is 14.4 Å². The fraction of sp³-hybridized carbons (Fsp3) is 0.389. The van der Waals surface area contributed by atoms with Gasteiger partial charge in [0.2, 0.25) is 17.7 Å². The summed E-state index contributed by atoms with van der Waals surface area (Å²) in [5.41, 5.74) is 0.507. The van der Waals surface area contributed by atoms with Gasteiger partial charge >= 0.3 is 0 Å². The van der Waals surface area contributed by atoms with Crippen molar-refractivity contribution >= 4 is 50.9 Å². The quantitative estimate of drug-likeness (QED) is 0.597. The fourth-order valence-corrected chi connectivity index (χ4v) is 4.92. The third-order valence-electron chi connectivity index (χ3n) is 5.33. The third kappa shape index (κ3) is 2.81. The maximum absolute atomic E-state index is 12.6. The minimum Gasteiger partial charge on any atom is -0.325 e. The van der Waals surface area contributed by atoms with Crippen LogP contribution in [0.3, 0.4) is 0 Å². The Morgan fingerprint density at radius 3 is 2.44 bits per heavy atom. The number of hydrogen-bond acceptors (Lipinski definition) is 3. The number of carbonyl (C=O) groups is 3. The number of imide groups is 1. The van der Waals surface area contributed by atoms with E-state index in [1.807, 2.05) is 0 Å². The SMILES string of the molecule is O=C(CCN1C(=O)C2C3C=CC(C3)C2C1=O)Nc1ccc(Br)cc1Cl. The molecule has 0 aromatic heterocycles. The molecule has 1 aromatic carbocycles. The van der Waals surface area contributed by atoms with Gasteiger partial charge in [-0.1, -0.05) is 39.7 Å². The number of halogens is 2. The second-order valence-corrected chi connectivity index (χ2v) is 8.07. The Morgan fingerprint density at radius 1 is 1.20 bits per heavy atom. The van der Waals surface area contributed by atoms with E-state index in [2.05, 4.69) is 33.4 Å². The lowest BCUT2D eigenvalue weighted by atomic mass is 9.85. The lowest BCUT2D eigenvalue weighted by Gasteiger charge is -2.17. The van der Waals surface area contributed by atoms with Gasteiger partial charge in [0.1, 0.15) is 0 Å². The van der Waals surface area contributed by atoms with E-state index in [4.69, 9.17) is 11.6 Å². The van der Waals surface area contributed by atoms with E-state index in [0.29, 0.717) is 10.7 Å². The van der Waals surface area contributed by atoms with Crippen LogP contribution < -0.4 is 5.32 Å². The zero-order valence-corrected chi connectivity index (χ0v) is 15.6. The number of amides is 3. The first-order chi connectivity index (χ1) is 12.0. The summed E-state index contributed by atoms with van der Waals surface area (Å²) in [4.78, 5) is 38.6. The highest BCUT2D eigenvalue weighted by Crippen LogP contribution is 2.52. The van der Waals surface area contributed by atoms with Crippen LogP contribution >= 0.6 is 27.5 Å². The van der Waals surface area contributed by atoms with Gasteiger partial charge in [0.25, 0.3) is 0 Å². The second-order valence-electron chi connectivity index (χ2n) is 6.75. The maximum Gasteiger partial charge on any atom is 0.233 e. The van der Waals surface area contributed by atoms with Crippen LogP contribution in [0.5, 0.6) is 0 Å². The number of anilines is 1. The summed E-state index contributed by atoms with van der Waals surface area (Å²) in [6.45, 7) is 0.115. The van der Waals surface area contributed by atoms with Crippen LogP contribution in [0, 0.1) is 23.7 Å². The molecule has 25 heavy (non-hydrogen) atoms. The first-order valence-electron chi connectivity index (χ1n) is 8.24. The Hall–Kier alpha value is -1.66. The van der Waals surface area contributed by atoms with Gasteiger partial charge in [-0.25, -0.2) is 0 Å². The second kappa shape index (κ2) is 6.25. The highest BCUT2D eigenvalue weighted by Gasteiger charge is 2.58. The van der Waals surface area contributed by atoms with Gasteiger partial charge in [-0.05, 0) is 36.5 Å². The number of allylic oxidation sites excluding steroid dienone is 2. The number of rotatable bonds is 4. The van der Waals surface area contributed by atoms with Crippen molar-refractivity contribution in [2.75, 3.05) is 11.9 Å². The standard InChI is InChI=1S/C18H16BrClN2O3/c19-11-3-4-13(12(20)8-11)21-14(23)5-6-22-17(24)15-9-1-2-10(7-9)16(15)18(22)25/h1-4,8-10,15-16H,5-7H2,(H,21,23). The number of nitrogens with one attached hydrogen (secondary N) is 1. The maximum atomic E-state index is 12.6. The lowest BCUT2D eigenvalue weighted by Crippen LogP contribution is -2.35. The summed E-state index contributed by atoms with van der Waals surface area (Å²) in [6, 6.07) is 5.16. The molecule has 1 saturated heterocycles. The average molecular weight is 424 g/mol. The van der Waals surface area contributed by atoms with Crippen molar-refractivity contribution in [2.24, 2.45) is 23.7 Å². The summed E-state index contributed by atoms with van der Waals surface area (Å²) in [5.74, 6) is -0.581. The zero-order valence-electron chi connectivity index (χ0n) is 13.2. The average Bonchev–Trinajstić information content (AvgIpc) is 3.23. The van der Waals surface area contributed by atoms with Crippen molar-refractivity contribution in [3.63, 3.8) is 0 Å². The molecule has 1 N–H and O–H groups in total. The summed E-state index contributed by atoms with van der Waals surface area (Å²) < 4.78 is 0.818. The molecule has 2 aliphatic carbocycles. The van der Waals surface area contributed by atoms with Crippen molar-refractivity contribution < 1.29 is 14.4 Å². The highest BCUT2D eigenvalue weighted by molar-refractivity contribution is 9.10. The van der Waals surface area contributed by atoms with E-state index >= 15 is 0 Å². The smallest absolute Gasteiger partial charge is 0.233 e. The molecule has 0 radical (unpaired) electrons. The molecule has 3 aliphatic rings. The third-order valence-corrected chi connectivity index (χ3v) is 6.14. The van der Waals surface area contributed by atoms with E-state index in [1.165, 1.54) is 4.90 Å². The number of carbonyl (C=O) groups excluding carboxylic acids is 3. The molecule has 2 fully saturated rings. The van der Waals surface area contributed by atoms with Crippen LogP contribution in [0.1, 0.15) is 12.8 Å². The van der Waals surface area contributed by atoms with Crippen LogP contribution in [0.25, 0.3) is 0 Å². The minimum atomic E-state index is -0.275. The number of likely N-dealkylation sites (tertiary alicyclic amines) is 1. The molecular formula is C18H16BrClN2O3. The molecule has 1 heterocycles. The molecular weight excluding hydrogens is 408 g/mol. The molecule has 3 amide bonds. The summed E-state index contributed by atoms with van der Waals surface area (Å²) in [6.07, 6.45) is 5.08. The van der Waals surface area contributed by atoms with E-state index < -0.39 is 0 Å². The molecule has 2 bridgehead atoms. The Balaban J connectivity index is 1.38. The predicted octanol–water partition coefficient (Wildman–Crippen LogP) is 3.24. The van der Waals surface area contributed by atoms with Crippen molar-refractivity contribution in [2.45, 2.75) is 12.8 Å². The largest absolute Gasteiger partial charge is 0.325 e. The monoisotopic (exact) mass is 422 g/mol. The molecule has 4 rings (SSSR count). The number of benzene rings is 1. The van der Waals surface area contributed by atoms with E-state index in [-0.39, 0.29) is 54.4 Å². The van der Waals surface area contributed by atoms with Crippen molar-refractivity contribution in [1.29, 1.82) is 0 Å². The van der Waals surface area contributed by atoms with Crippen LogP contribution in [0.4, 0.5) is 5.69 Å². The van der Waals surface area contributed by atoms with Crippen LogP contribution in [-0.4, -0.2) is 29.2 Å². The normalized spacial score (nSPS) is 29.4. The number of hydrogen-bond donors (Lipinski definition) is 1. The Labute approximate surface area is 158 Å². The molecule has 7 heteroatoms.